The summed E-state index contributed by atoms with van der Waals surface area (Å²) in [7, 11) is 0. The van der Waals surface area contributed by atoms with Crippen LogP contribution in [-0.4, -0.2) is 36.2 Å². The van der Waals surface area contributed by atoms with E-state index in [0.29, 0.717) is 6.54 Å². The number of hydrogen-bond donors (Lipinski definition) is 1. The summed E-state index contributed by atoms with van der Waals surface area (Å²) in [6.45, 7) is 3.11. The van der Waals surface area contributed by atoms with Crippen molar-refractivity contribution in [2.45, 2.75) is 38.3 Å². The first-order valence-electron chi connectivity index (χ1n) is 7.24. The summed E-state index contributed by atoms with van der Waals surface area (Å²) in [5.41, 5.74) is 1.09. The molecule has 4 nitrogen and oxygen atoms in total. The van der Waals surface area contributed by atoms with Crippen LogP contribution in [-0.2, 0) is 9.59 Å². The molecule has 0 saturated carbocycles. The predicted octanol–water partition coefficient (Wildman–Crippen LogP) is 1.92. The molecule has 1 aromatic rings. The van der Waals surface area contributed by atoms with Gasteiger partial charge in [-0.05, 0) is 31.9 Å². The number of benzene rings is 1. The summed E-state index contributed by atoms with van der Waals surface area (Å²) in [4.78, 5) is 25.1. The van der Waals surface area contributed by atoms with Gasteiger partial charge in [-0.15, -0.1) is 0 Å². The van der Waals surface area contributed by atoms with Crippen molar-refractivity contribution in [2.24, 2.45) is 0 Å². The summed E-state index contributed by atoms with van der Waals surface area (Å²) in [5, 5.41) is 2.99. The van der Waals surface area contributed by atoms with Crippen LogP contribution in [0, 0.1) is 0 Å². The lowest BCUT2D eigenvalue weighted by atomic mass is 10.0. The molecule has 1 aliphatic rings. The van der Waals surface area contributed by atoms with Crippen LogP contribution in [0.15, 0.2) is 30.3 Å². The Morgan fingerprint density at radius 3 is 2.85 bits per heavy atom. The fourth-order valence-electron chi connectivity index (χ4n) is 2.66. The Balaban J connectivity index is 1.87. The van der Waals surface area contributed by atoms with Crippen molar-refractivity contribution in [1.82, 2.24) is 10.2 Å². The van der Waals surface area contributed by atoms with Gasteiger partial charge in [0.1, 0.15) is 6.29 Å². The van der Waals surface area contributed by atoms with Gasteiger partial charge in [0.15, 0.2) is 0 Å². The molecule has 1 aliphatic heterocycles. The van der Waals surface area contributed by atoms with E-state index in [4.69, 9.17) is 0 Å². The van der Waals surface area contributed by atoms with Gasteiger partial charge in [0.2, 0.25) is 5.91 Å². The summed E-state index contributed by atoms with van der Waals surface area (Å²) in [6, 6.07) is 9.78. The normalized spacial score (nSPS) is 21.1. The fraction of sp³-hybridized carbons (Fsp3) is 0.500. The Labute approximate surface area is 120 Å². The number of carbonyl (C=O) groups is 2. The third-order valence-corrected chi connectivity index (χ3v) is 3.85. The fourth-order valence-corrected chi connectivity index (χ4v) is 2.66. The standard InChI is InChI=1S/C16H22N2O2/c1-13(14-7-3-2-4-8-14)17-16(20)11-18-10-6-5-9-15(18)12-19/h2-4,7-8,12-13,15H,5-6,9-11H2,1H3,(H,17,20). The molecule has 0 aromatic heterocycles. The van der Waals surface area contributed by atoms with Crippen LogP contribution >= 0.6 is 0 Å². The van der Waals surface area contributed by atoms with Crippen molar-refractivity contribution in [3.63, 3.8) is 0 Å². The molecule has 2 unspecified atom stereocenters. The van der Waals surface area contributed by atoms with Crippen LogP contribution in [0.25, 0.3) is 0 Å². The van der Waals surface area contributed by atoms with Crippen LogP contribution < -0.4 is 5.32 Å². The minimum Gasteiger partial charge on any atom is -0.348 e. The lowest BCUT2D eigenvalue weighted by Crippen LogP contribution is -2.46. The van der Waals surface area contributed by atoms with Crippen molar-refractivity contribution in [3.8, 4) is 0 Å². The molecular weight excluding hydrogens is 252 g/mol. The quantitative estimate of drug-likeness (QED) is 0.835. The lowest BCUT2D eigenvalue weighted by molar-refractivity contribution is -0.125. The average molecular weight is 274 g/mol. The lowest BCUT2D eigenvalue weighted by Gasteiger charge is -2.31. The molecule has 1 amide bonds. The van der Waals surface area contributed by atoms with Gasteiger partial charge in [-0.3, -0.25) is 9.69 Å². The van der Waals surface area contributed by atoms with Crippen molar-refractivity contribution >= 4 is 12.2 Å². The Bertz CT molecular complexity index is 447. The monoisotopic (exact) mass is 274 g/mol. The second kappa shape index (κ2) is 7.20. The number of carbonyl (C=O) groups excluding carboxylic acids is 2. The highest BCUT2D eigenvalue weighted by Crippen LogP contribution is 2.15. The molecule has 1 aromatic carbocycles. The first-order valence-corrected chi connectivity index (χ1v) is 7.24. The summed E-state index contributed by atoms with van der Waals surface area (Å²) in [6.07, 6.45) is 3.96. The second-order valence-electron chi connectivity index (χ2n) is 5.37. The molecule has 20 heavy (non-hydrogen) atoms. The van der Waals surface area contributed by atoms with Crippen LogP contribution in [0.1, 0.15) is 37.8 Å². The molecule has 1 heterocycles. The SMILES string of the molecule is CC(NC(=O)CN1CCCCC1C=O)c1ccccc1. The van der Waals surface area contributed by atoms with E-state index < -0.39 is 0 Å². The zero-order chi connectivity index (χ0) is 14.4. The maximum absolute atomic E-state index is 12.1. The highest BCUT2D eigenvalue weighted by molar-refractivity contribution is 5.79. The smallest absolute Gasteiger partial charge is 0.234 e. The average Bonchev–Trinajstić information content (AvgIpc) is 2.48. The Morgan fingerprint density at radius 1 is 1.40 bits per heavy atom. The number of amides is 1. The van der Waals surface area contributed by atoms with Crippen LogP contribution in [0.3, 0.4) is 0 Å². The molecule has 1 fully saturated rings. The number of nitrogens with zero attached hydrogens (tertiary/aromatic N) is 1. The first-order chi connectivity index (χ1) is 9.70. The van der Waals surface area contributed by atoms with E-state index >= 15 is 0 Å². The molecule has 1 saturated heterocycles. The molecule has 2 rings (SSSR count). The molecule has 0 bridgehead atoms. The largest absolute Gasteiger partial charge is 0.348 e. The van der Waals surface area contributed by atoms with Crippen LogP contribution in [0.5, 0.6) is 0 Å². The number of rotatable bonds is 5. The molecule has 1 N–H and O–H groups in total. The minimum atomic E-state index is -0.0958. The van der Waals surface area contributed by atoms with E-state index in [1.54, 1.807) is 0 Å². The molecule has 108 valence electrons. The molecular formula is C16H22N2O2. The van der Waals surface area contributed by atoms with Crippen molar-refractivity contribution < 1.29 is 9.59 Å². The van der Waals surface area contributed by atoms with Gasteiger partial charge in [0.05, 0.1) is 18.6 Å². The van der Waals surface area contributed by atoms with Gasteiger partial charge >= 0.3 is 0 Å². The highest BCUT2D eigenvalue weighted by Gasteiger charge is 2.24. The second-order valence-corrected chi connectivity index (χ2v) is 5.37. The predicted molar refractivity (Wildman–Crippen MR) is 78.3 cm³/mol. The zero-order valence-corrected chi connectivity index (χ0v) is 11.9. The van der Waals surface area contributed by atoms with Gasteiger partial charge in [0.25, 0.3) is 0 Å². The van der Waals surface area contributed by atoms with Gasteiger partial charge in [-0.2, -0.15) is 0 Å². The molecule has 0 radical (unpaired) electrons. The summed E-state index contributed by atoms with van der Waals surface area (Å²) >= 11 is 0. The first kappa shape index (κ1) is 14.7. The van der Waals surface area contributed by atoms with E-state index in [2.05, 4.69) is 5.32 Å². The number of hydrogen-bond acceptors (Lipinski definition) is 3. The van der Waals surface area contributed by atoms with E-state index in [9.17, 15) is 9.59 Å². The third kappa shape index (κ3) is 3.90. The summed E-state index contributed by atoms with van der Waals surface area (Å²) < 4.78 is 0. The zero-order valence-electron chi connectivity index (χ0n) is 11.9. The topological polar surface area (TPSA) is 49.4 Å². The van der Waals surface area contributed by atoms with Gasteiger partial charge in [0, 0.05) is 0 Å². The van der Waals surface area contributed by atoms with Gasteiger partial charge < -0.3 is 10.1 Å². The number of aldehydes is 1. The van der Waals surface area contributed by atoms with E-state index in [1.165, 1.54) is 0 Å². The number of nitrogens with one attached hydrogen (secondary N) is 1. The molecule has 0 aliphatic carbocycles. The summed E-state index contributed by atoms with van der Waals surface area (Å²) in [5.74, 6) is -0.0184. The number of likely N-dealkylation sites (tertiary alicyclic amines) is 1. The van der Waals surface area contributed by atoms with Crippen molar-refractivity contribution in [1.29, 1.82) is 0 Å². The highest BCUT2D eigenvalue weighted by atomic mass is 16.2. The Morgan fingerprint density at radius 2 is 2.15 bits per heavy atom. The molecule has 0 spiro atoms. The Hall–Kier alpha value is -1.68. The maximum atomic E-state index is 12.1. The van der Waals surface area contributed by atoms with E-state index in [-0.39, 0.29) is 18.0 Å². The van der Waals surface area contributed by atoms with Crippen LogP contribution in [0.4, 0.5) is 0 Å². The minimum absolute atomic E-state index is 0.0110. The van der Waals surface area contributed by atoms with E-state index in [0.717, 1.165) is 37.7 Å². The Kier molecular flexibility index (Phi) is 5.30. The van der Waals surface area contributed by atoms with Crippen LogP contribution in [0.2, 0.25) is 0 Å². The maximum Gasteiger partial charge on any atom is 0.234 e. The molecule has 4 heteroatoms. The van der Waals surface area contributed by atoms with Gasteiger partial charge in [-0.1, -0.05) is 36.8 Å². The van der Waals surface area contributed by atoms with Gasteiger partial charge in [-0.25, -0.2) is 0 Å². The van der Waals surface area contributed by atoms with Crippen molar-refractivity contribution in [2.75, 3.05) is 13.1 Å². The molecule has 2 atom stereocenters. The third-order valence-electron chi connectivity index (χ3n) is 3.85. The van der Waals surface area contributed by atoms with E-state index in [1.807, 2.05) is 42.2 Å². The number of piperidine rings is 1. The van der Waals surface area contributed by atoms with Crippen molar-refractivity contribution in [3.05, 3.63) is 35.9 Å².